The monoisotopic (exact) mass is 411 g/mol. The molecule has 5 heteroatoms. The van der Waals surface area contributed by atoms with E-state index in [1.165, 1.54) is 44.2 Å². The van der Waals surface area contributed by atoms with Gasteiger partial charge in [0.1, 0.15) is 0 Å². The van der Waals surface area contributed by atoms with Gasteiger partial charge in [0, 0.05) is 44.3 Å². The Morgan fingerprint density at radius 1 is 1.07 bits per heavy atom. The predicted molar refractivity (Wildman–Crippen MR) is 121 cm³/mol. The van der Waals surface area contributed by atoms with Gasteiger partial charge >= 0.3 is 0 Å². The molecule has 1 saturated carbocycles. The van der Waals surface area contributed by atoms with Gasteiger partial charge in [-0.2, -0.15) is 0 Å². The van der Waals surface area contributed by atoms with E-state index in [-0.39, 0.29) is 23.8 Å². The quantitative estimate of drug-likeness (QED) is 0.801. The molecule has 0 spiro atoms. The van der Waals surface area contributed by atoms with E-state index in [4.69, 9.17) is 0 Å². The summed E-state index contributed by atoms with van der Waals surface area (Å²) in [6, 6.07) is 6.29. The van der Waals surface area contributed by atoms with Gasteiger partial charge in [-0.25, -0.2) is 0 Å². The lowest BCUT2D eigenvalue weighted by molar-refractivity contribution is -0.127. The molecule has 164 valence electrons. The van der Waals surface area contributed by atoms with Crippen LogP contribution in [-0.2, 0) is 9.59 Å². The number of anilines is 1. The van der Waals surface area contributed by atoms with E-state index in [9.17, 15) is 9.59 Å². The third kappa shape index (κ3) is 4.88. The van der Waals surface area contributed by atoms with Gasteiger partial charge in [-0.1, -0.05) is 31.4 Å². The number of benzene rings is 1. The molecule has 2 heterocycles. The van der Waals surface area contributed by atoms with Crippen molar-refractivity contribution in [3.8, 4) is 0 Å². The molecule has 4 rings (SSSR count). The predicted octanol–water partition coefficient (Wildman–Crippen LogP) is 3.82. The molecule has 3 fully saturated rings. The molecule has 2 aliphatic heterocycles. The fraction of sp³-hybridized carbons (Fsp3) is 0.680. The van der Waals surface area contributed by atoms with Crippen molar-refractivity contribution < 1.29 is 9.59 Å². The average Bonchev–Trinajstić information content (AvgIpc) is 3.14. The maximum atomic E-state index is 12.9. The summed E-state index contributed by atoms with van der Waals surface area (Å²) in [7, 11) is 0. The first-order valence-corrected chi connectivity index (χ1v) is 11.9. The SMILES string of the molecule is Cc1cccc(N2CC(C(=O)NC3CCN(CC4CCCCC4)CC3)CC2=O)c1C. The van der Waals surface area contributed by atoms with Crippen LogP contribution in [0.1, 0.15) is 62.5 Å². The normalized spacial score (nSPS) is 24.4. The van der Waals surface area contributed by atoms with Crippen molar-refractivity contribution in [1.29, 1.82) is 0 Å². The van der Waals surface area contributed by atoms with E-state index < -0.39 is 0 Å². The van der Waals surface area contributed by atoms with Crippen molar-refractivity contribution in [2.45, 2.75) is 71.3 Å². The number of hydrogen-bond acceptors (Lipinski definition) is 3. The summed E-state index contributed by atoms with van der Waals surface area (Å²) in [5.74, 6) is 0.760. The first kappa shape index (κ1) is 21.4. The largest absolute Gasteiger partial charge is 0.353 e. The Kier molecular flexibility index (Phi) is 6.77. The van der Waals surface area contributed by atoms with Crippen molar-refractivity contribution in [1.82, 2.24) is 10.2 Å². The summed E-state index contributed by atoms with van der Waals surface area (Å²) in [4.78, 5) is 29.9. The first-order valence-electron chi connectivity index (χ1n) is 11.9. The van der Waals surface area contributed by atoms with Crippen LogP contribution in [-0.4, -0.2) is 48.9 Å². The molecule has 1 aromatic carbocycles. The van der Waals surface area contributed by atoms with Crippen molar-refractivity contribution in [3.05, 3.63) is 29.3 Å². The molecule has 1 atom stereocenters. The first-order chi connectivity index (χ1) is 14.5. The van der Waals surface area contributed by atoms with Crippen molar-refractivity contribution in [2.75, 3.05) is 31.1 Å². The van der Waals surface area contributed by atoms with Crippen molar-refractivity contribution in [3.63, 3.8) is 0 Å². The summed E-state index contributed by atoms with van der Waals surface area (Å²) >= 11 is 0. The van der Waals surface area contributed by atoms with Gasteiger partial charge in [-0.05, 0) is 62.6 Å². The van der Waals surface area contributed by atoms with Gasteiger partial charge in [0.05, 0.1) is 5.92 Å². The Morgan fingerprint density at radius 2 is 1.80 bits per heavy atom. The molecule has 30 heavy (non-hydrogen) atoms. The Bertz CT molecular complexity index is 764. The maximum absolute atomic E-state index is 12.9. The highest BCUT2D eigenvalue weighted by atomic mass is 16.2. The summed E-state index contributed by atoms with van der Waals surface area (Å²) < 4.78 is 0. The number of likely N-dealkylation sites (tertiary alicyclic amines) is 1. The van der Waals surface area contributed by atoms with Crippen LogP contribution in [0.25, 0.3) is 0 Å². The lowest BCUT2D eigenvalue weighted by Gasteiger charge is -2.35. The Balaban J connectivity index is 1.26. The zero-order valence-electron chi connectivity index (χ0n) is 18.7. The average molecular weight is 412 g/mol. The van der Waals surface area contributed by atoms with E-state index in [2.05, 4.69) is 23.2 Å². The smallest absolute Gasteiger partial charge is 0.227 e. The van der Waals surface area contributed by atoms with Crippen LogP contribution in [0.2, 0.25) is 0 Å². The highest BCUT2D eigenvalue weighted by molar-refractivity contribution is 6.01. The Morgan fingerprint density at radius 3 is 2.53 bits per heavy atom. The second-order valence-corrected chi connectivity index (χ2v) is 9.71. The van der Waals surface area contributed by atoms with Crippen LogP contribution in [0.3, 0.4) is 0 Å². The number of amides is 2. The summed E-state index contributed by atoms with van der Waals surface area (Å²) in [5.41, 5.74) is 3.25. The molecule has 1 N–H and O–H groups in total. The standard InChI is InChI=1S/C25H37N3O2/c1-18-7-6-10-23(19(18)2)28-17-21(15-24(28)29)25(30)26-22-11-13-27(14-12-22)16-20-8-4-3-5-9-20/h6-7,10,20-22H,3-5,8-9,11-17H2,1-2H3,(H,26,30). The zero-order chi connectivity index (χ0) is 21.1. The Labute approximate surface area is 181 Å². The van der Waals surface area contributed by atoms with Crippen LogP contribution in [0.15, 0.2) is 18.2 Å². The molecular weight excluding hydrogens is 374 g/mol. The number of nitrogens with zero attached hydrogens (tertiary/aromatic N) is 2. The maximum Gasteiger partial charge on any atom is 0.227 e. The Hall–Kier alpha value is -1.88. The molecule has 1 unspecified atom stereocenters. The van der Waals surface area contributed by atoms with Crippen molar-refractivity contribution in [2.24, 2.45) is 11.8 Å². The van der Waals surface area contributed by atoms with Crippen LogP contribution in [0.5, 0.6) is 0 Å². The number of piperidine rings is 1. The second-order valence-electron chi connectivity index (χ2n) is 9.71. The minimum absolute atomic E-state index is 0.0573. The molecular formula is C25H37N3O2. The lowest BCUT2D eigenvalue weighted by atomic mass is 9.88. The highest BCUT2D eigenvalue weighted by Crippen LogP contribution is 2.30. The van der Waals surface area contributed by atoms with E-state index in [1.54, 1.807) is 4.90 Å². The molecule has 1 aliphatic carbocycles. The molecule has 0 aromatic heterocycles. The van der Waals surface area contributed by atoms with Gasteiger partial charge in [-0.15, -0.1) is 0 Å². The van der Waals surface area contributed by atoms with Gasteiger partial charge < -0.3 is 15.1 Å². The number of carbonyl (C=O) groups is 2. The third-order valence-corrected chi connectivity index (χ3v) is 7.54. The topological polar surface area (TPSA) is 52.7 Å². The fourth-order valence-corrected chi connectivity index (χ4v) is 5.46. The number of carbonyl (C=O) groups excluding carboxylic acids is 2. The van der Waals surface area contributed by atoms with Crippen LogP contribution < -0.4 is 10.2 Å². The van der Waals surface area contributed by atoms with Crippen LogP contribution >= 0.6 is 0 Å². The van der Waals surface area contributed by atoms with Gasteiger partial charge in [0.2, 0.25) is 11.8 Å². The summed E-state index contributed by atoms with van der Waals surface area (Å²) in [6.07, 6.45) is 9.37. The second kappa shape index (κ2) is 9.51. The van der Waals surface area contributed by atoms with E-state index >= 15 is 0 Å². The minimum atomic E-state index is -0.238. The highest BCUT2D eigenvalue weighted by Gasteiger charge is 2.36. The van der Waals surface area contributed by atoms with Crippen molar-refractivity contribution >= 4 is 17.5 Å². The van der Waals surface area contributed by atoms with Gasteiger partial charge in [-0.3, -0.25) is 9.59 Å². The third-order valence-electron chi connectivity index (χ3n) is 7.54. The minimum Gasteiger partial charge on any atom is -0.353 e. The fourth-order valence-electron chi connectivity index (χ4n) is 5.46. The van der Waals surface area contributed by atoms with E-state index in [0.717, 1.165) is 43.1 Å². The molecule has 5 nitrogen and oxygen atoms in total. The number of nitrogens with one attached hydrogen (secondary N) is 1. The molecule has 0 bridgehead atoms. The molecule has 0 radical (unpaired) electrons. The number of aryl methyl sites for hydroxylation is 1. The molecule has 2 amide bonds. The number of hydrogen-bond donors (Lipinski definition) is 1. The molecule has 2 saturated heterocycles. The molecule has 1 aromatic rings. The van der Waals surface area contributed by atoms with Gasteiger partial charge in [0.25, 0.3) is 0 Å². The summed E-state index contributed by atoms with van der Waals surface area (Å²) in [6.45, 7) is 8.01. The van der Waals surface area contributed by atoms with E-state index in [0.29, 0.717) is 13.0 Å². The van der Waals surface area contributed by atoms with Gasteiger partial charge in [0.15, 0.2) is 0 Å². The lowest BCUT2D eigenvalue weighted by Crippen LogP contribution is -2.47. The molecule has 3 aliphatic rings. The van der Waals surface area contributed by atoms with E-state index in [1.807, 2.05) is 19.1 Å². The summed E-state index contributed by atoms with van der Waals surface area (Å²) in [5, 5.41) is 3.26. The number of rotatable bonds is 5. The zero-order valence-corrected chi connectivity index (χ0v) is 18.7. The van der Waals surface area contributed by atoms with Crippen LogP contribution in [0.4, 0.5) is 5.69 Å². The van der Waals surface area contributed by atoms with Crippen LogP contribution in [0, 0.1) is 25.7 Å².